The molecule has 0 amide bonds. The van der Waals surface area contributed by atoms with Crippen molar-refractivity contribution >= 4 is 15.9 Å². The summed E-state index contributed by atoms with van der Waals surface area (Å²) in [5.74, 6) is -0.670. The van der Waals surface area contributed by atoms with E-state index in [1.807, 2.05) is 0 Å². The summed E-state index contributed by atoms with van der Waals surface area (Å²) in [6, 6.07) is 4.26. The van der Waals surface area contributed by atoms with Gasteiger partial charge in [0.15, 0.2) is 11.6 Å². The van der Waals surface area contributed by atoms with Crippen molar-refractivity contribution in [2.45, 2.75) is 30.5 Å². The molecular weight excluding hydrogens is 262 g/mol. The van der Waals surface area contributed by atoms with Gasteiger partial charge in [0.2, 0.25) is 0 Å². The zero-order valence-electron chi connectivity index (χ0n) is 8.51. The van der Waals surface area contributed by atoms with Crippen LogP contribution in [0.25, 0.3) is 0 Å². The molecule has 1 aromatic rings. The second-order valence-electron chi connectivity index (χ2n) is 4.23. The van der Waals surface area contributed by atoms with E-state index in [2.05, 4.69) is 22.9 Å². The van der Waals surface area contributed by atoms with Crippen LogP contribution < -0.4 is 0 Å². The van der Waals surface area contributed by atoms with Crippen LogP contribution in [-0.2, 0) is 0 Å². The summed E-state index contributed by atoms with van der Waals surface area (Å²) in [5.41, 5.74) is 0.920. The Bertz CT molecular complexity index is 365. The van der Waals surface area contributed by atoms with Crippen molar-refractivity contribution in [2.75, 3.05) is 0 Å². The largest absolute Gasteiger partial charge is 0.204 e. The number of hydrogen-bond donors (Lipinski definition) is 0. The van der Waals surface area contributed by atoms with Crippen molar-refractivity contribution in [1.29, 1.82) is 0 Å². The van der Waals surface area contributed by atoms with E-state index in [1.165, 1.54) is 12.1 Å². The van der Waals surface area contributed by atoms with Crippen LogP contribution >= 0.6 is 15.9 Å². The lowest BCUT2D eigenvalue weighted by Gasteiger charge is -2.17. The minimum Gasteiger partial charge on any atom is -0.204 e. The molecule has 1 aliphatic carbocycles. The van der Waals surface area contributed by atoms with Gasteiger partial charge in [0.1, 0.15) is 0 Å². The fourth-order valence-corrected chi connectivity index (χ4v) is 2.96. The van der Waals surface area contributed by atoms with Gasteiger partial charge in [-0.15, -0.1) is 0 Å². The molecule has 0 N–H and O–H groups in total. The molecule has 3 heteroatoms. The molecule has 82 valence electrons. The monoisotopic (exact) mass is 274 g/mol. The average Bonchev–Trinajstić information content (AvgIpc) is 2.53. The Kier molecular flexibility index (Phi) is 3.10. The second-order valence-corrected chi connectivity index (χ2v) is 5.41. The Hall–Kier alpha value is -0.440. The summed E-state index contributed by atoms with van der Waals surface area (Å²) in [4.78, 5) is 0.496. The van der Waals surface area contributed by atoms with E-state index in [9.17, 15) is 8.78 Å². The third-order valence-electron chi connectivity index (χ3n) is 3.33. The first-order chi connectivity index (χ1) is 7.09. The summed E-state index contributed by atoms with van der Waals surface area (Å²) >= 11 is 3.61. The first kappa shape index (κ1) is 11.1. The Morgan fingerprint density at radius 1 is 1.20 bits per heavy atom. The highest BCUT2D eigenvalue weighted by atomic mass is 79.9. The molecule has 1 saturated carbocycles. The number of alkyl halides is 1. The van der Waals surface area contributed by atoms with Crippen LogP contribution in [0.1, 0.15) is 31.2 Å². The minimum absolute atomic E-state index is 0.351. The maximum absolute atomic E-state index is 13.1. The molecule has 1 aromatic carbocycles. The van der Waals surface area contributed by atoms with E-state index < -0.39 is 11.6 Å². The first-order valence-corrected chi connectivity index (χ1v) is 6.10. The molecule has 0 aliphatic heterocycles. The van der Waals surface area contributed by atoms with Crippen LogP contribution in [0.15, 0.2) is 18.2 Å². The van der Waals surface area contributed by atoms with E-state index in [4.69, 9.17) is 0 Å². The molecule has 1 fully saturated rings. The highest BCUT2D eigenvalue weighted by molar-refractivity contribution is 9.09. The minimum atomic E-state index is -0.764. The third kappa shape index (κ3) is 2.07. The number of halogens is 3. The van der Waals surface area contributed by atoms with E-state index in [0.29, 0.717) is 16.7 Å². The van der Waals surface area contributed by atoms with Crippen LogP contribution in [0.5, 0.6) is 0 Å². The molecular formula is C12H13BrF2. The molecule has 3 unspecified atom stereocenters. The summed E-state index contributed by atoms with van der Waals surface area (Å²) in [7, 11) is 0. The highest BCUT2D eigenvalue weighted by Crippen LogP contribution is 2.42. The smallest absolute Gasteiger partial charge is 0.159 e. The molecule has 2 rings (SSSR count). The van der Waals surface area contributed by atoms with Gasteiger partial charge in [-0.25, -0.2) is 8.78 Å². The van der Waals surface area contributed by atoms with E-state index in [-0.39, 0.29) is 0 Å². The lowest BCUT2D eigenvalue weighted by atomic mass is 9.90. The Labute approximate surface area is 96.8 Å². The zero-order chi connectivity index (χ0) is 11.0. The number of rotatable bonds is 1. The van der Waals surface area contributed by atoms with Crippen molar-refractivity contribution in [2.24, 2.45) is 5.92 Å². The molecule has 0 radical (unpaired) electrons. The maximum Gasteiger partial charge on any atom is 0.159 e. The molecule has 0 aromatic heterocycles. The topological polar surface area (TPSA) is 0 Å². The fraction of sp³-hybridized carbons (Fsp3) is 0.500. The van der Waals surface area contributed by atoms with Crippen molar-refractivity contribution in [3.8, 4) is 0 Å². The van der Waals surface area contributed by atoms with Gasteiger partial charge in [-0.3, -0.25) is 0 Å². The predicted octanol–water partition coefficient (Wildman–Crippen LogP) is 4.24. The lowest BCUT2D eigenvalue weighted by Crippen LogP contribution is -2.09. The van der Waals surface area contributed by atoms with Gasteiger partial charge in [0.05, 0.1) is 0 Å². The fourth-order valence-electron chi connectivity index (χ4n) is 2.33. The standard InChI is InChI=1S/C12H13BrF2/c1-7-9(3-4-10(7)13)8-2-5-11(14)12(15)6-8/h2,5-7,9-10H,3-4H2,1H3. The second kappa shape index (κ2) is 4.20. The highest BCUT2D eigenvalue weighted by Gasteiger charge is 2.32. The van der Waals surface area contributed by atoms with Crippen LogP contribution in [-0.4, -0.2) is 4.83 Å². The van der Waals surface area contributed by atoms with Crippen molar-refractivity contribution < 1.29 is 8.78 Å². The molecule has 0 spiro atoms. The number of hydrogen-bond acceptors (Lipinski definition) is 0. The van der Waals surface area contributed by atoms with E-state index in [0.717, 1.165) is 18.4 Å². The molecule has 0 heterocycles. The summed E-state index contributed by atoms with van der Waals surface area (Å²) in [6.45, 7) is 2.15. The van der Waals surface area contributed by atoms with Gasteiger partial charge in [-0.1, -0.05) is 28.9 Å². The van der Waals surface area contributed by atoms with Gasteiger partial charge in [0, 0.05) is 4.83 Å². The maximum atomic E-state index is 13.1. The molecule has 0 saturated heterocycles. The van der Waals surface area contributed by atoms with Gasteiger partial charge in [0.25, 0.3) is 0 Å². The van der Waals surface area contributed by atoms with Crippen molar-refractivity contribution in [1.82, 2.24) is 0 Å². The number of benzene rings is 1. The van der Waals surface area contributed by atoms with Crippen LogP contribution in [0, 0.1) is 17.6 Å². The van der Waals surface area contributed by atoms with Crippen LogP contribution in [0.2, 0.25) is 0 Å². The van der Waals surface area contributed by atoms with Gasteiger partial charge < -0.3 is 0 Å². The van der Waals surface area contributed by atoms with Crippen molar-refractivity contribution in [3.63, 3.8) is 0 Å². The van der Waals surface area contributed by atoms with Gasteiger partial charge in [-0.2, -0.15) is 0 Å². The quantitative estimate of drug-likeness (QED) is 0.672. The third-order valence-corrected chi connectivity index (χ3v) is 4.62. The summed E-state index contributed by atoms with van der Waals surface area (Å²) in [6.07, 6.45) is 2.15. The van der Waals surface area contributed by atoms with Gasteiger partial charge in [-0.05, 0) is 42.4 Å². The van der Waals surface area contributed by atoms with E-state index >= 15 is 0 Å². The predicted molar refractivity (Wildman–Crippen MR) is 60.2 cm³/mol. The lowest BCUT2D eigenvalue weighted by molar-refractivity contribution is 0.497. The molecule has 15 heavy (non-hydrogen) atoms. The molecule has 1 aliphatic rings. The van der Waals surface area contributed by atoms with E-state index in [1.54, 1.807) is 6.07 Å². The molecule has 3 atom stereocenters. The normalized spacial score (nSPS) is 30.8. The zero-order valence-corrected chi connectivity index (χ0v) is 10.1. The van der Waals surface area contributed by atoms with Crippen LogP contribution in [0.3, 0.4) is 0 Å². The van der Waals surface area contributed by atoms with Crippen molar-refractivity contribution in [3.05, 3.63) is 35.4 Å². The summed E-state index contributed by atoms with van der Waals surface area (Å²) in [5, 5.41) is 0. The average molecular weight is 275 g/mol. The first-order valence-electron chi connectivity index (χ1n) is 5.18. The Morgan fingerprint density at radius 3 is 2.47 bits per heavy atom. The van der Waals surface area contributed by atoms with Crippen LogP contribution in [0.4, 0.5) is 8.78 Å². The summed E-state index contributed by atoms with van der Waals surface area (Å²) < 4.78 is 25.8. The Balaban J connectivity index is 2.26. The molecule has 0 nitrogen and oxygen atoms in total. The Morgan fingerprint density at radius 2 is 1.93 bits per heavy atom. The van der Waals surface area contributed by atoms with Gasteiger partial charge >= 0.3 is 0 Å². The SMILES string of the molecule is CC1C(Br)CCC1c1ccc(F)c(F)c1. The molecule has 0 bridgehead atoms.